The fourth-order valence-corrected chi connectivity index (χ4v) is 1.28. The predicted octanol–water partition coefficient (Wildman–Crippen LogP) is 2.24. The Kier molecular flexibility index (Phi) is 3.55. The summed E-state index contributed by atoms with van der Waals surface area (Å²) in [6.07, 6.45) is 0.501. The molecule has 1 aromatic rings. The molecule has 0 amide bonds. The Balaban J connectivity index is 3.37. The average Bonchev–Trinajstić information content (AvgIpc) is 2.17. The van der Waals surface area contributed by atoms with E-state index in [1.54, 1.807) is 6.92 Å². The highest BCUT2D eigenvalue weighted by Gasteiger charge is 2.14. The first kappa shape index (κ1) is 11.4. The van der Waals surface area contributed by atoms with Crippen LogP contribution in [0.3, 0.4) is 0 Å². The molecule has 1 rings (SSSR count). The number of rotatable bonds is 4. The second kappa shape index (κ2) is 4.68. The topological polar surface area (TPSA) is 43.4 Å². The van der Waals surface area contributed by atoms with Crippen molar-refractivity contribution >= 4 is 12.1 Å². The number of carbonyl (C=O) groups is 2. The molecule has 80 valence electrons. The summed E-state index contributed by atoms with van der Waals surface area (Å²) < 4.78 is 18.2. The highest BCUT2D eigenvalue weighted by Crippen LogP contribution is 2.23. The van der Waals surface area contributed by atoms with Crippen LogP contribution in [0.4, 0.5) is 4.39 Å². The Bertz CT molecular complexity index is 399. The van der Waals surface area contributed by atoms with E-state index in [1.165, 1.54) is 6.92 Å². The Morgan fingerprint density at radius 3 is 2.67 bits per heavy atom. The Labute approximate surface area is 86.9 Å². The maximum Gasteiger partial charge on any atom is 0.160 e. The number of aldehydes is 1. The van der Waals surface area contributed by atoms with Crippen LogP contribution in [0.2, 0.25) is 0 Å². The Morgan fingerprint density at radius 2 is 2.20 bits per heavy atom. The van der Waals surface area contributed by atoms with Crippen LogP contribution >= 0.6 is 0 Å². The summed E-state index contributed by atoms with van der Waals surface area (Å²) in [6, 6.07) is 2.13. The van der Waals surface area contributed by atoms with Crippen LogP contribution in [0.15, 0.2) is 12.1 Å². The smallest absolute Gasteiger partial charge is 0.160 e. The molecule has 0 unspecified atom stereocenters. The van der Waals surface area contributed by atoms with Gasteiger partial charge in [0.05, 0.1) is 12.2 Å². The fraction of sp³-hybridized carbons (Fsp3) is 0.273. The number of Topliss-reactive ketones (excluding diaryl/α,β-unsaturated/α-hetero) is 1. The molecule has 0 aliphatic rings. The van der Waals surface area contributed by atoms with E-state index in [0.717, 1.165) is 12.1 Å². The molecule has 0 fully saturated rings. The van der Waals surface area contributed by atoms with Crippen LogP contribution in [0.5, 0.6) is 5.75 Å². The van der Waals surface area contributed by atoms with Crippen LogP contribution in [-0.4, -0.2) is 18.7 Å². The molecule has 0 aliphatic heterocycles. The first-order valence-corrected chi connectivity index (χ1v) is 4.52. The molecule has 0 spiro atoms. The van der Waals surface area contributed by atoms with Gasteiger partial charge in [-0.2, -0.15) is 0 Å². The van der Waals surface area contributed by atoms with Crippen LogP contribution in [-0.2, 0) is 0 Å². The van der Waals surface area contributed by atoms with E-state index in [1.807, 2.05) is 0 Å². The van der Waals surface area contributed by atoms with E-state index in [-0.39, 0.29) is 22.7 Å². The molecule has 0 saturated heterocycles. The Morgan fingerprint density at radius 1 is 1.53 bits per heavy atom. The molecule has 0 aromatic heterocycles. The number of benzene rings is 1. The molecule has 3 nitrogen and oxygen atoms in total. The van der Waals surface area contributed by atoms with Gasteiger partial charge in [-0.15, -0.1) is 0 Å². The third kappa shape index (κ3) is 2.40. The van der Waals surface area contributed by atoms with Gasteiger partial charge in [-0.25, -0.2) is 4.39 Å². The van der Waals surface area contributed by atoms with Crippen molar-refractivity contribution in [2.75, 3.05) is 6.61 Å². The SMILES string of the molecule is CCOc1cc(F)cc(C(C)=O)c1C=O. The van der Waals surface area contributed by atoms with Gasteiger partial charge in [0.15, 0.2) is 12.1 Å². The largest absolute Gasteiger partial charge is 0.493 e. The first-order valence-electron chi connectivity index (χ1n) is 4.52. The van der Waals surface area contributed by atoms with E-state index in [0.29, 0.717) is 12.9 Å². The normalized spacial score (nSPS) is 9.80. The minimum absolute atomic E-state index is 0.0495. The summed E-state index contributed by atoms with van der Waals surface area (Å²) >= 11 is 0. The van der Waals surface area contributed by atoms with E-state index >= 15 is 0 Å². The second-order valence-electron chi connectivity index (χ2n) is 2.97. The van der Waals surface area contributed by atoms with E-state index in [4.69, 9.17) is 4.74 Å². The van der Waals surface area contributed by atoms with Crippen molar-refractivity contribution in [3.8, 4) is 5.75 Å². The van der Waals surface area contributed by atoms with Gasteiger partial charge in [-0.1, -0.05) is 0 Å². The minimum Gasteiger partial charge on any atom is -0.493 e. The quantitative estimate of drug-likeness (QED) is 0.565. The second-order valence-corrected chi connectivity index (χ2v) is 2.97. The van der Waals surface area contributed by atoms with Crippen LogP contribution in [0.1, 0.15) is 34.6 Å². The van der Waals surface area contributed by atoms with Crippen molar-refractivity contribution in [1.82, 2.24) is 0 Å². The number of ketones is 1. The van der Waals surface area contributed by atoms with E-state index in [2.05, 4.69) is 0 Å². The average molecular weight is 210 g/mol. The maximum atomic E-state index is 13.1. The lowest BCUT2D eigenvalue weighted by atomic mass is 10.0. The standard InChI is InChI=1S/C11H11FO3/c1-3-15-11-5-8(12)4-9(7(2)14)10(11)6-13/h4-6H,3H2,1-2H3. The van der Waals surface area contributed by atoms with Crippen molar-refractivity contribution in [1.29, 1.82) is 0 Å². The molecule has 0 radical (unpaired) electrons. The summed E-state index contributed by atoms with van der Waals surface area (Å²) in [7, 11) is 0. The van der Waals surface area contributed by atoms with Gasteiger partial charge in [0.2, 0.25) is 0 Å². The Hall–Kier alpha value is -1.71. The molecule has 0 N–H and O–H groups in total. The fourth-order valence-electron chi connectivity index (χ4n) is 1.28. The van der Waals surface area contributed by atoms with E-state index in [9.17, 15) is 14.0 Å². The zero-order valence-electron chi connectivity index (χ0n) is 8.54. The van der Waals surface area contributed by atoms with Crippen LogP contribution < -0.4 is 4.74 Å². The molecule has 4 heteroatoms. The molecule has 0 heterocycles. The highest BCUT2D eigenvalue weighted by atomic mass is 19.1. The summed E-state index contributed by atoms with van der Waals surface area (Å²) in [4.78, 5) is 21.9. The summed E-state index contributed by atoms with van der Waals surface area (Å²) in [6.45, 7) is 3.30. The monoisotopic (exact) mass is 210 g/mol. The molecular weight excluding hydrogens is 199 g/mol. The third-order valence-corrected chi connectivity index (χ3v) is 1.90. The molecule has 1 aromatic carbocycles. The highest BCUT2D eigenvalue weighted by molar-refractivity contribution is 6.02. The lowest BCUT2D eigenvalue weighted by Crippen LogP contribution is -2.04. The number of ether oxygens (including phenoxy) is 1. The van der Waals surface area contributed by atoms with Gasteiger partial charge in [-0.05, 0) is 19.9 Å². The zero-order valence-corrected chi connectivity index (χ0v) is 8.54. The van der Waals surface area contributed by atoms with Crippen LogP contribution in [0.25, 0.3) is 0 Å². The number of hydrogen-bond donors (Lipinski definition) is 0. The number of hydrogen-bond acceptors (Lipinski definition) is 3. The summed E-state index contributed by atoms with van der Waals surface area (Å²) in [5, 5.41) is 0. The van der Waals surface area contributed by atoms with Gasteiger partial charge >= 0.3 is 0 Å². The van der Waals surface area contributed by atoms with Gasteiger partial charge in [0.1, 0.15) is 11.6 Å². The minimum atomic E-state index is -0.589. The molecule has 15 heavy (non-hydrogen) atoms. The van der Waals surface area contributed by atoms with Crippen molar-refractivity contribution in [2.24, 2.45) is 0 Å². The van der Waals surface area contributed by atoms with Gasteiger partial charge in [0.25, 0.3) is 0 Å². The lowest BCUT2D eigenvalue weighted by molar-refractivity contribution is 0.100. The van der Waals surface area contributed by atoms with Gasteiger partial charge < -0.3 is 4.74 Å². The molecule has 0 atom stereocenters. The maximum absolute atomic E-state index is 13.1. The first-order chi connectivity index (χ1) is 7.10. The third-order valence-electron chi connectivity index (χ3n) is 1.90. The van der Waals surface area contributed by atoms with Crippen molar-refractivity contribution in [3.63, 3.8) is 0 Å². The van der Waals surface area contributed by atoms with Crippen molar-refractivity contribution < 1.29 is 18.7 Å². The molecule has 0 aliphatic carbocycles. The number of carbonyl (C=O) groups excluding carboxylic acids is 2. The van der Waals surface area contributed by atoms with Crippen molar-refractivity contribution in [2.45, 2.75) is 13.8 Å². The number of halogens is 1. The lowest BCUT2D eigenvalue weighted by Gasteiger charge is -2.09. The molecule has 0 bridgehead atoms. The van der Waals surface area contributed by atoms with Crippen molar-refractivity contribution in [3.05, 3.63) is 29.1 Å². The van der Waals surface area contributed by atoms with Gasteiger partial charge in [-0.3, -0.25) is 9.59 Å². The van der Waals surface area contributed by atoms with Gasteiger partial charge in [0, 0.05) is 11.6 Å². The summed E-state index contributed by atoms with van der Waals surface area (Å²) in [5.74, 6) is -0.843. The zero-order chi connectivity index (χ0) is 11.4. The van der Waals surface area contributed by atoms with Crippen LogP contribution in [0, 0.1) is 5.82 Å². The molecular formula is C11H11FO3. The predicted molar refractivity (Wildman–Crippen MR) is 53.0 cm³/mol. The summed E-state index contributed by atoms with van der Waals surface area (Å²) in [5.41, 5.74) is 0.152. The van der Waals surface area contributed by atoms with E-state index < -0.39 is 5.82 Å². The molecule has 0 saturated carbocycles.